The second-order valence-corrected chi connectivity index (χ2v) is 8.97. The molecule has 170 valence electrons. The van der Waals surface area contributed by atoms with E-state index in [2.05, 4.69) is 15.0 Å². The predicted molar refractivity (Wildman–Crippen MR) is 116 cm³/mol. The van der Waals surface area contributed by atoms with Crippen molar-refractivity contribution >= 4 is 16.9 Å². The van der Waals surface area contributed by atoms with E-state index in [0.29, 0.717) is 37.6 Å². The average molecular weight is 433 g/mol. The molecule has 0 saturated carbocycles. The second-order valence-electron chi connectivity index (χ2n) is 8.97. The first-order valence-electron chi connectivity index (χ1n) is 11.4. The topological polar surface area (TPSA) is 73.1 Å². The minimum atomic E-state index is -0.542. The van der Waals surface area contributed by atoms with Crippen LogP contribution in [0.5, 0.6) is 0 Å². The summed E-state index contributed by atoms with van der Waals surface area (Å²) in [5.41, 5.74) is 1.43. The Bertz CT molecular complexity index is 896. The number of benzene rings is 1. The SMILES string of the molecule is CCN(CCN1CCC(c2noc3cc(F)ccc23)CC1)C(=O)C1CN(C)CCC1O. The standard InChI is InChI=1S/C23H33FN4O3/c1-3-28(23(30)19-15-26(2)9-8-20(19)29)13-12-27-10-6-16(7-11-27)22-18-5-4-17(24)14-21(18)31-25-22/h4-5,14,16,19-20,29H,3,6-13,15H2,1-2H3. The molecule has 2 saturated heterocycles. The van der Waals surface area contributed by atoms with E-state index in [1.54, 1.807) is 6.07 Å². The summed E-state index contributed by atoms with van der Waals surface area (Å²) in [6, 6.07) is 4.60. The lowest BCUT2D eigenvalue weighted by Crippen LogP contribution is -2.51. The molecule has 0 spiro atoms. The van der Waals surface area contributed by atoms with Crippen LogP contribution in [0.25, 0.3) is 11.0 Å². The zero-order valence-corrected chi connectivity index (χ0v) is 18.5. The van der Waals surface area contributed by atoms with Crippen LogP contribution in [0, 0.1) is 11.7 Å². The third-order valence-electron chi connectivity index (χ3n) is 6.91. The van der Waals surface area contributed by atoms with Gasteiger partial charge in [-0.3, -0.25) is 4.79 Å². The Hall–Kier alpha value is -2.03. The number of fused-ring (bicyclic) bond motifs is 1. The Labute approximate surface area is 182 Å². The zero-order chi connectivity index (χ0) is 22.0. The summed E-state index contributed by atoms with van der Waals surface area (Å²) >= 11 is 0. The summed E-state index contributed by atoms with van der Waals surface area (Å²) in [6.45, 7) is 7.49. The molecule has 1 amide bonds. The molecular formula is C23H33FN4O3. The molecule has 1 N–H and O–H groups in total. The van der Waals surface area contributed by atoms with E-state index < -0.39 is 6.10 Å². The van der Waals surface area contributed by atoms with Gasteiger partial charge in [-0.2, -0.15) is 0 Å². The van der Waals surface area contributed by atoms with Crippen LogP contribution in [0.4, 0.5) is 4.39 Å². The van der Waals surface area contributed by atoms with Crippen molar-refractivity contribution in [3.8, 4) is 0 Å². The lowest BCUT2D eigenvalue weighted by molar-refractivity contribution is -0.142. The van der Waals surface area contributed by atoms with Gasteiger partial charge in [-0.15, -0.1) is 0 Å². The Morgan fingerprint density at radius 2 is 2.06 bits per heavy atom. The molecule has 8 heteroatoms. The molecule has 0 radical (unpaired) electrons. The van der Waals surface area contributed by atoms with Crippen molar-refractivity contribution in [3.63, 3.8) is 0 Å². The lowest BCUT2D eigenvalue weighted by atomic mass is 9.91. The first-order valence-corrected chi connectivity index (χ1v) is 11.4. The van der Waals surface area contributed by atoms with Crippen LogP contribution in [-0.4, -0.2) is 89.8 Å². The number of amides is 1. The van der Waals surface area contributed by atoms with Crippen molar-refractivity contribution in [1.82, 2.24) is 19.9 Å². The molecule has 2 aromatic rings. The fourth-order valence-corrected chi connectivity index (χ4v) is 4.92. The smallest absolute Gasteiger partial charge is 0.229 e. The van der Waals surface area contributed by atoms with Gasteiger partial charge in [0.2, 0.25) is 5.91 Å². The summed E-state index contributed by atoms with van der Waals surface area (Å²) in [7, 11) is 2.00. The van der Waals surface area contributed by atoms with Gasteiger partial charge in [0, 0.05) is 50.1 Å². The number of carbonyl (C=O) groups excluding carboxylic acids is 1. The third kappa shape index (κ3) is 4.91. The highest BCUT2D eigenvalue weighted by Gasteiger charge is 2.34. The zero-order valence-electron chi connectivity index (χ0n) is 18.5. The van der Waals surface area contributed by atoms with E-state index in [9.17, 15) is 14.3 Å². The van der Waals surface area contributed by atoms with Gasteiger partial charge >= 0.3 is 0 Å². The highest BCUT2D eigenvalue weighted by atomic mass is 19.1. The van der Waals surface area contributed by atoms with Crippen LogP contribution in [0.2, 0.25) is 0 Å². The van der Waals surface area contributed by atoms with Crippen molar-refractivity contribution in [2.24, 2.45) is 5.92 Å². The number of rotatable bonds is 6. The number of carbonyl (C=O) groups is 1. The number of nitrogens with zero attached hydrogens (tertiary/aromatic N) is 4. The van der Waals surface area contributed by atoms with E-state index in [0.717, 1.165) is 50.1 Å². The van der Waals surface area contributed by atoms with Crippen LogP contribution >= 0.6 is 0 Å². The highest BCUT2D eigenvalue weighted by Crippen LogP contribution is 2.32. The van der Waals surface area contributed by atoms with Crippen LogP contribution < -0.4 is 0 Å². The van der Waals surface area contributed by atoms with Crippen molar-refractivity contribution < 1.29 is 18.8 Å². The maximum atomic E-state index is 13.4. The van der Waals surface area contributed by atoms with E-state index in [1.807, 2.05) is 18.9 Å². The van der Waals surface area contributed by atoms with Crippen LogP contribution in [0.1, 0.15) is 37.8 Å². The van der Waals surface area contributed by atoms with E-state index in [1.165, 1.54) is 12.1 Å². The van der Waals surface area contributed by atoms with Crippen molar-refractivity contribution in [3.05, 3.63) is 29.7 Å². The summed E-state index contributed by atoms with van der Waals surface area (Å²) in [5.74, 6) is -0.264. The highest BCUT2D eigenvalue weighted by molar-refractivity contribution is 5.80. The molecule has 2 aliphatic heterocycles. The molecule has 3 heterocycles. The van der Waals surface area contributed by atoms with Gasteiger partial charge in [0.25, 0.3) is 0 Å². The summed E-state index contributed by atoms with van der Waals surface area (Å²) < 4.78 is 18.7. The average Bonchev–Trinajstić information content (AvgIpc) is 3.19. The number of hydrogen-bond donors (Lipinski definition) is 1. The Balaban J connectivity index is 1.29. The van der Waals surface area contributed by atoms with Gasteiger partial charge in [-0.1, -0.05) is 5.16 Å². The van der Waals surface area contributed by atoms with Crippen molar-refractivity contribution in [1.29, 1.82) is 0 Å². The van der Waals surface area contributed by atoms with Crippen molar-refractivity contribution in [2.75, 3.05) is 52.9 Å². The number of piperidine rings is 2. The quantitative estimate of drug-likeness (QED) is 0.755. The van der Waals surface area contributed by atoms with Crippen molar-refractivity contribution in [2.45, 2.75) is 38.2 Å². The monoisotopic (exact) mass is 432 g/mol. The number of halogens is 1. The first kappa shape index (κ1) is 22.2. The van der Waals surface area contributed by atoms with Crippen LogP contribution in [0.3, 0.4) is 0 Å². The largest absolute Gasteiger partial charge is 0.392 e. The second kappa shape index (κ2) is 9.63. The maximum absolute atomic E-state index is 13.4. The predicted octanol–water partition coefficient (Wildman–Crippen LogP) is 2.31. The fraction of sp³-hybridized carbons (Fsp3) is 0.652. The number of hydrogen-bond acceptors (Lipinski definition) is 6. The van der Waals surface area contributed by atoms with Gasteiger partial charge in [-0.25, -0.2) is 4.39 Å². The van der Waals surface area contributed by atoms with Gasteiger partial charge in [0.05, 0.1) is 17.7 Å². The molecule has 2 atom stereocenters. The van der Waals surface area contributed by atoms with E-state index >= 15 is 0 Å². The summed E-state index contributed by atoms with van der Waals surface area (Å²) in [5, 5.41) is 15.4. The Kier molecular flexibility index (Phi) is 6.89. The Morgan fingerprint density at radius 1 is 1.29 bits per heavy atom. The normalized spacial score (nSPS) is 24.0. The number of likely N-dealkylation sites (tertiary alicyclic amines) is 2. The number of likely N-dealkylation sites (N-methyl/N-ethyl adjacent to an activating group) is 1. The minimum Gasteiger partial charge on any atom is -0.392 e. The fourth-order valence-electron chi connectivity index (χ4n) is 4.92. The van der Waals surface area contributed by atoms with Crippen LogP contribution in [0.15, 0.2) is 22.7 Å². The number of aromatic nitrogens is 1. The first-order chi connectivity index (χ1) is 15.0. The molecule has 4 rings (SSSR count). The molecule has 0 aliphatic carbocycles. The van der Waals surface area contributed by atoms with Gasteiger partial charge < -0.3 is 24.3 Å². The lowest BCUT2D eigenvalue weighted by Gasteiger charge is -2.37. The molecule has 31 heavy (non-hydrogen) atoms. The van der Waals surface area contributed by atoms with E-state index in [-0.39, 0.29) is 17.6 Å². The number of aliphatic hydroxyl groups excluding tert-OH is 1. The van der Waals surface area contributed by atoms with Crippen LogP contribution in [-0.2, 0) is 4.79 Å². The summed E-state index contributed by atoms with van der Waals surface area (Å²) in [4.78, 5) is 19.4. The molecule has 1 aromatic carbocycles. The maximum Gasteiger partial charge on any atom is 0.229 e. The molecule has 2 aliphatic rings. The van der Waals surface area contributed by atoms with Gasteiger partial charge in [-0.05, 0) is 58.5 Å². The van der Waals surface area contributed by atoms with Gasteiger partial charge in [0.15, 0.2) is 5.58 Å². The molecule has 0 bridgehead atoms. The molecule has 7 nitrogen and oxygen atoms in total. The molecule has 2 fully saturated rings. The molecule has 1 aromatic heterocycles. The summed E-state index contributed by atoms with van der Waals surface area (Å²) in [6.07, 6.45) is 2.04. The number of aliphatic hydroxyl groups is 1. The molecule has 2 unspecified atom stereocenters. The molecular weight excluding hydrogens is 399 g/mol. The minimum absolute atomic E-state index is 0.0673. The third-order valence-corrected chi connectivity index (χ3v) is 6.91. The Morgan fingerprint density at radius 3 is 2.81 bits per heavy atom. The van der Waals surface area contributed by atoms with E-state index in [4.69, 9.17) is 4.52 Å². The van der Waals surface area contributed by atoms with Gasteiger partial charge in [0.1, 0.15) is 5.82 Å².